The Morgan fingerprint density at radius 3 is 3.20 bits per heavy atom. The number of nitrogens with zero attached hydrogens (tertiary/aromatic N) is 4. The van der Waals surface area contributed by atoms with Gasteiger partial charge in [0, 0.05) is 36.6 Å². The molecule has 0 saturated carbocycles. The van der Waals surface area contributed by atoms with Crippen molar-refractivity contribution in [3.8, 4) is 5.88 Å². The Morgan fingerprint density at radius 1 is 1.48 bits per heavy atom. The summed E-state index contributed by atoms with van der Waals surface area (Å²) in [7, 11) is 0. The van der Waals surface area contributed by atoms with Gasteiger partial charge >= 0.3 is 0 Å². The van der Waals surface area contributed by atoms with E-state index in [0.717, 1.165) is 30.5 Å². The van der Waals surface area contributed by atoms with E-state index in [1.807, 2.05) is 17.0 Å². The van der Waals surface area contributed by atoms with Crippen molar-refractivity contribution in [2.75, 3.05) is 18.0 Å². The van der Waals surface area contributed by atoms with Gasteiger partial charge in [0.1, 0.15) is 5.69 Å². The smallest absolute Gasteiger partial charge is 0.238 e. The molecule has 1 saturated heterocycles. The van der Waals surface area contributed by atoms with Crippen LogP contribution >= 0.6 is 0 Å². The molecular formula is C17H18N6O2. The van der Waals surface area contributed by atoms with Crippen LogP contribution in [-0.4, -0.2) is 45.3 Å². The molecule has 8 heteroatoms. The Morgan fingerprint density at radius 2 is 2.36 bits per heavy atom. The van der Waals surface area contributed by atoms with Gasteiger partial charge in [0.2, 0.25) is 17.7 Å². The topological polar surface area (TPSA) is 120 Å². The number of carbonyl (C=O) groups excluding carboxylic acids is 1. The zero-order chi connectivity index (χ0) is 17.4. The number of anilines is 1. The zero-order valence-electron chi connectivity index (χ0n) is 13.5. The molecule has 2 aromatic heterocycles. The summed E-state index contributed by atoms with van der Waals surface area (Å²) in [6.45, 7) is 1.27. The van der Waals surface area contributed by atoms with E-state index in [-0.39, 0.29) is 17.7 Å². The van der Waals surface area contributed by atoms with Gasteiger partial charge in [0.25, 0.3) is 0 Å². The highest BCUT2D eigenvalue weighted by atomic mass is 16.3. The molecule has 25 heavy (non-hydrogen) atoms. The third-order valence-electron chi connectivity index (χ3n) is 4.55. The van der Waals surface area contributed by atoms with Gasteiger partial charge in [0.05, 0.1) is 5.92 Å². The molecule has 1 atom stereocenters. The van der Waals surface area contributed by atoms with Crippen LogP contribution in [0, 0.1) is 5.92 Å². The lowest BCUT2D eigenvalue weighted by Crippen LogP contribution is -2.41. The molecule has 0 radical (unpaired) electrons. The number of aromatic nitrogens is 3. The number of aromatic amines is 1. The number of hydrogen-bond acceptors (Lipinski definition) is 6. The van der Waals surface area contributed by atoms with Gasteiger partial charge in [-0.15, -0.1) is 0 Å². The molecule has 8 nitrogen and oxygen atoms in total. The summed E-state index contributed by atoms with van der Waals surface area (Å²) in [4.78, 5) is 29.1. The standard InChI is InChI=1S/C17H18N6O2/c18-14(24)10-3-2-6-23(9-10)17-21-13(16(25)22-17)7-11-8-20-15-12(11)4-1-5-19-15/h1,4-5,7-8,10,25H,2-3,6,9H2,(H2,18,24)(H,21,22)/b11-7+. The van der Waals surface area contributed by atoms with E-state index in [0.29, 0.717) is 24.0 Å². The van der Waals surface area contributed by atoms with E-state index in [1.54, 1.807) is 18.5 Å². The first kappa shape index (κ1) is 15.4. The van der Waals surface area contributed by atoms with Gasteiger partial charge in [-0.1, -0.05) is 0 Å². The van der Waals surface area contributed by atoms with E-state index in [9.17, 15) is 9.90 Å². The Kier molecular flexibility index (Phi) is 3.72. The first-order chi connectivity index (χ1) is 12.1. The second kappa shape index (κ2) is 6.04. The highest BCUT2D eigenvalue weighted by molar-refractivity contribution is 6.20. The minimum atomic E-state index is -0.297. The number of primary amides is 1. The van der Waals surface area contributed by atoms with Crippen LogP contribution in [-0.2, 0) is 4.79 Å². The fourth-order valence-electron chi connectivity index (χ4n) is 3.21. The number of aromatic hydroxyl groups is 1. The van der Waals surface area contributed by atoms with Gasteiger partial charge < -0.3 is 20.7 Å². The minimum absolute atomic E-state index is 0.0885. The van der Waals surface area contributed by atoms with Crippen LogP contribution in [0.1, 0.15) is 24.1 Å². The predicted octanol–water partition coefficient (Wildman–Crippen LogP) is 1.47. The zero-order valence-corrected chi connectivity index (χ0v) is 13.5. The number of nitrogens with one attached hydrogen (secondary N) is 1. The fourth-order valence-corrected chi connectivity index (χ4v) is 3.21. The van der Waals surface area contributed by atoms with Crippen molar-refractivity contribution in [3.05, 3.63) is 29.6 Å². The van der Waals surface area contributed by atoms with E-state index in [4.69, 9.17) is 5.73 Å². The van der Waals surface area contributed by atoms with Crippen LogP contribution in [0.3, 0.4) is 0 Å². The maximum Gasteiger partial charge on any atom is 0.238 e. The van der Waals surface area contributed by atoms with Gasteiger partial charge in [-0.2, -0.15) is 4.98 Å². The number of aliphatic imine (C=N–C) groups is 1. The van der Waals surface area contributed by atoms with Crippen LogP contribution in [0.4, 0.5) is 11.8 Å². The van der Waals surface area contributed by atoms with Crippen LogP contribution in [0.15, 0.2) is 23.3 Å². The number of piperidine rings is 1. The molecular weight excluding hydrogens is 320 g/mol. The number of amides is 1. The largest absolute Gasteiger partial charge is 0.492 e. The minimum Gasteiger partial charge on any atom is -0.492 e. The number of nitrogens with two attached hydrogens (primary N) is 1. The second-order valence-electron chi connectivity index (χ2n) is 6.22. The van der Waals surface area contributed by atoms with Crippen molar-refractivity contribution < 1.29 is 9.90 Å². The third-order valence-corrected chi connectivity index (χ3v) is 4.55. The summed E-state index contributed by atoms with van der Waals surface area (Å²) in [6, 6.07) is 3.77. The number of hydrogen-bond donors (Lipinski definition) is 3. The first-order valence-electron chi connectivity index (χ1n) is 8.16. The molecule has 1 unspecified atom stereocenters. The number of carbonyl (C=O) groups is 1. The van der Waals surface area contributed by atoms with E-state index >= 15 is 0 Å². The molecule has 2 aromatic rings. The molecule has 1 amide bonds. The van der Waals surface area contributed by atoms with Crippen LogP contribution in [0.5, 0.6) is 5.88 Å². The summed E-state index contributed by atoms with van der Waals surface area (Å²) >= 11 is 0. The summed E-state index contributed by atoms with van der Waals surface area (Å²) in [5.74, 6) is 0.621. The Bertz CT molecular complexity index is 885. The first-order valence-corrected chi connectivity index (χ1v) is 8.16. The fraction of sp³-hybridized carbons (Fsp3) is 0.294. The van der Waals surface area contributed by atoms with E-state index < -0.39 is 0 Å². The van der Waals surface area contributed by atoms with Crippen LogP contribution < -0.4 is 10.6 Å². The summed E-state index contributed by atoms with van der Waals surface area (Å²) < 4.78 is 0. The summed E-state index contributed by atoms with van der Waals surface area (Å²) in [6.07, 6.45) is 6.84. The number of rotatable bonds is 3. The molecule has 0 spiro atoms. The lowest BCUT2D eigenvalue weighted by Gasteiger charge is -2.30. The number of H-pyrrole nitrogens is 1. The number of imidazole rings is 1. The van der Waals surface area contributed by atoms with Crippen molar-refractivity contribution >= 4 is 35.5 Å². The number of fused-ring (bicyclic) bond motifs is 1. The van der Waals surface area contributed by atoms with Crippen molar-refractivity contribution in [3.63, 3.8) is 0 Å². The predicted molar refractivity (Wildman–Crippen MR) is 94.6 cm³/mol. The molecule has 0 aromatic carbocycles. The van der Waals surface area contributed by atoms with Crippen molar-refractivity contribution in [1.82, 2.24) is 15.0 Å². The monoisotopic (exact) mass is 338 g/mol. The highest BCUT2D eigenvalue weighted by Crippen LogP contribution is 2.32. The van der Waals surface area contributed by atoms with Crippen molar-refractivity contribution in [1.29, 1.82) is 0 Å². The van der Waals surface area contributed by atoms with Gasteiger partial charge in [-0.05, 0) is 31.1 Å². The highest BCUT2D eigenvalue weighted by Gasteiger charge is 2.26. The molecule has 2 aliphatic heterocycles. The van der Waals surface area contributed by atoms with Crippen LogP contribution in [0.2, 0.25) is 0 Å². The maximum atomic E-state index is 11.4. The lowest BCUT2D eigenvalue weighted by molar-refractivity contribution is -0.122. The Hall–Kier alpha value is -3.16. The molecule has 128 valence electrons. The van der Waals surface area contributed by atoms with Crippen molar-refractivity contribution in [2.24, 2.45) is 16.6 Å². The average molecular weight is 338 g/mol. The van der Waals surface area contributed by atoms with E-state index in [1.165, 1.54) is 0 Å². The molecule has 4 heterocycles. The molecule has 1 fully saturated rings. The lowest BCUT2D eigenvalue weighted by atomic mass is 9.98. The molecule has 2 aliphatic rings. The number of allylic oxidation sites excluding steroid dienone is 1. The summed E-state index contributed by atoms with van der Waals surface area (Å²) in [5, 5.41) is 10.2. The molecule has 0 bridgehead atoms. The molecule has 0 aliphatic carbocycles. The van der Waals surface area contributed by atoms with E-state index in [2.05, 4.69) is 19.9 Å². The van der Waals surface area contributed by atoms with Gasteiger partial charge in [-0.3, -0.25) is 4.79 Å². The molecule has 4 N–H and O–H groups in total. The number of pyridine rings is 1. The quantitative estimate of drug-likeness (QED) is 0.782. The average Bonchev–Trinajstić information content (AvgIpc) is 3.20. The Labute approximate surface area is 144 Å². The van der Waals surface area contributed by atoms with Gasteiger partial charge in [-0.25, -0.2) is 9.98 Å². The normalized spacial score (nSPS) is 20.9. The molecule has 4 rings (SSSR count). The second-order valence-corrected chi connectivity index (χ2v) is 6.22. The maximum absolute atomic E-state index is 11.4. The van der Waals surface area contributed by atoms with Crippen molar-refractivity contribution in [2.45, 2.75) is 12.8 Å². The van der Waals surface area contributed by atoms with Crippen LogP contribution in [0.25, 0.3) is 11.6 Å². The summed E-state index contributed by atoms with van der Waals surface area (Å²) in [5.41, 5.74) is 7.67. The third kappa shape index (κ3) is 2.86. The SMILES string of the molecule is NC(=O)C1CCCN(c2nc(O)c(/C=C3\C=Nc4ncccc43)[nH]2)C1. The van der Waals surface area contributed by atoms with Gasteiger partial charge in [0.15, 0.2) is 5.82 Å². The Balaban J connectivity index is 1.60.